The maximum Gasteiger partial charge on any atom is 0.404 e. The Morgan fingerprint density at radius 2 is 1.89 bits per heavy atom. The first-order valence-corrected chi connectivity index (χ1v) is 14.1. The van der Waals surface area contributed by atoms with Crippen LogP contribution >= 0.6 is 34.5 Å². The molecule has 0 bridgehead atoms. The summed E-state index contributed by atoms with van der Waals surface area (Å²) in [5.74, 6) is -0.116. The summed E-state index contributed by atoms with van der Waals surface area (Å²) in [6.07, 6.45) is -1.11. The molecular formula is C22H26Cl2F3N3O4S2. The normalized spacial score (nSPS) is 16.0. The Balaban J connectivity index is 1.99. The monoisotopic (exact) mass is 587 g/mol. The Labute approximate surface area is 221 Å². The lowest BCUT2D eigenvalue weighted by Gasteiger charge is -2.24. The summed E-state index contributed by atoms with van der Waals surface area (Å²) in [7, 11) is -4.63. The Kier molecular flexibility index (Phi) is 8.69. The predicted molar refractivity (Wildman–Crippen MR) is 133 cm³/mol. The van der Waals surface area contributed by atoms with Gasteiger partial charge in [-0.1, -0.05) is 48.5 Å². The first kappa shape index (κ1) is 29.1. The number of nitrogens with one attached hydrogen (secondary N) is 2. The molecule has 3 rings (SSSR count). The van der Waals surface area contributed by atoms with Crippen molar-refractivity contribution in [2.24, 2.45) is 5.92 Å². The number of rotatable bonds is 9. The number of hydrogen-bond donors (Lipinski definition) is 3. The molecule has 7 nitrogen and oxygen atoms in total. The molecule has 200 valence electrons. The average molecular weight is 589 g/mol. The molecule has 1 aromatic carbocycles. The van der Waals surface area contributed by atoms with E-state index in [1.807, 2.05) is 0 Å². The van der Waals surface area contributed by atoms with Gasteiger partial charge in [-0.3, -0.25) is 4.79 Å². The number of amides is 1. The van der Waals surface area contributed by atoms with Crippen LogP contribution in [0.2, 0.25) is 10.0 Å². The number of aromatic nitrogens is 1. The molecule has 1 amide bonds. The Morgan fingerprint density at radius 1 is 1.25 bits per heavy atom. The molecule has 36 heavy (non-hydrogen) atoms. The van der Waals surface area contributed by atoms with Crippen molar-refractivity contribution < 1.29 is 31.5 Å². The number of thiazole rings is 1. The molecule has 0 saturated heterocycles. The van der Waals surface area contributed by atoms with Crippen LogP contribution in [0.15, 0.2) is 17.0 Å². The van der Waals surface area contributed by atoms with Crippen LogP contribution in [0.5, 0.6) is 0 Å². The van der Waals surface area contributed by atoms with Crippen molar-refractivity contribution in [2.45, 2.75) is 69.2 Å². The van der Waals surface area contributed by atoms with Crippen molar-refractivity contribution in [1.29, 1.82) is 0 Å². The fraction of sp³-hybridized carbons (Fsp3) is 0.545. The molecule has 1 atom stereocenters. The van der Waals surface area contributed by atoms with Crippen LogP contribution in [0.1, 0.15) is 55.5 Å². The molecule has 0 spiro atoms. The minimum atomic E-state index is -4.79. The van der Waals surface area contributed by atoms with Crippen LogP contribution in [0.4, 0.5) is 13.2 Å². The van der Waals surface area contributed by atoms with E-state index in [2.05, 4.69) is 10.3 Å². The number of nitrogens with zero attached hydrogens (tertiary/aromatic N) is 1. The maximum absolute atomic E-state index is 12.9. The zero-order valence-electron chi connectivity index (χ0n) is 19.7. The summed E-state index contributed by atoms with van der Waals surface area (Å²) < 4.78 is 65.4. The molecule has 1 aliphatic rings. The molecule has 2 aromatic rings. The summed E-state index contributed by atoms with van der Waals surface area (Å²) in [6, 6.07) is 0.0882. The zero-order chi connectivity index (χ0) is 27.1. The summed E-state index contributed by atoms with van der Waals surface area (Å²) in [5, 5.41) is 12.0. The van der Waals surface area contributed by atoms with E-state index >= 15 is 0 Å². The molecule has 1 aromatic heterocycles. The van der Waals surface area contributed by atoms with Gasteiger partial charge in [0.25, 0.3) is 5.91 Å². The van der Waals surface area contributed by atoms with Crippen molar-refractivity contribution >= 4 is 50.5 Å². The lowest BCUT2D eigenvalue weighted by Crippen LogP contribution is -2.43. The molecule has 1 unspecified atom stereocenters. The number of carbonyl (C=O) groups excluding carboxylic acids is 1. The van der Waals surface area contributed by atoms with E-state index in [9.17, 15) is 31.5 Å². The average Bonchev–Trinajstić information content (AvgIpc) is 3.13. The second-order valence-electron chi connectivity index (χ2n) is 9.41. The molecule has 0 aliphatic heterocycles. The van der Waals surface area contributed by atoms with Gasteiger partial charge in [-0.05, 0) is 39.2 Å². The maximum atomic E-state index is 12.9. The van der Waals surface area contributed by atoms with Gasteiger partial charge in [0.2, 0.25) is 10.0 Å². The largest absolute Gasteiger partial charge is 0.404 e. The highest BCUT2D eigenvalue weighted by molar-refractivity contribution is 7.89. The minimum absolute atomic E-state index is 0.00118. The summed E-state index contributed by atoms with van der Waals surface area (Å²) >= 11 is 13.7. The first-order chi connectivity index (χ1) is 16.5. The second-order valence-corrected chi connectivity index (χ2v) is 12.9. The Hall–Kier alpha value is -1.44. The van der Waals surface area contributed by atoms with Gasteiger partial charge >= 0.3 is 6.18 Å². The SMILES string of the molecule is CC(NS(=O)(=O)c1ccc(-c2sc(C(=O)NCC(C)(C)O)nc2CC2CCC2)c(Cl)c1Cl)C(F)(F)F. The quantitative estimate of drug-likeness (QED) is 0.374. The van der Waals surface area contributed by atoms with Crippen LogP contribution in [-0.4, -0.2) is 48.8 Å². The fourth-order valence-corrected chi connectivity index (χ4v) is 6.61. The number of alkyl halides is 3. The van der Waals surface area contributed by atoms with Gasteiger partial charge in [-0.2, -0.15) is 17.9 Å². The third-order valence-electron chi connectivity index (χ3n) is 5.68. The van der Waals surface area contributed by atoms with Gasteiger partial charge in [0, 0.05) is 12.1 Å². The molecular weight excluding hydrogens is 562 g/mol. The van der Waals surface area contributed by atoms with E-state index in [0.29, 0.717) is 35.4 Å². The minimum Gasteiger partial charge on any atom is -0.389 e. The summed E-state index contributed by atoms with van der Waals surface area (Å²) in [4.78, 5) is 17.1. The first-order valence-electron chi connectivity index (χ1n) is 11.1. The smallest absolute Gasteiger partial charge is 0.389 e. The van der Waals surface area contributed by atoms with E-state index in [4.69, 9.17) is 23.2 Å². The van der Waals surface area contributed by atoms with Crippen LogP contribution in [0.25, 0.3) is 10.4 Å². The van der Waals surface area contributed by atoms with Crippen molar-refractivity contribution in [2.75, 3.05) is 6.54 Å². The molecule has 1 heterocycles. The van der Waals surface area contributed by atoms with E-state index in [0.717, 1.165) is 36.7 Å². The molecule has 1 saturated carbocycles. The van der Waals surface area contributed by atoms with E-state index in [1.54, 1.807) is 18.6 Å². The van der Waals surface area contributed by atoms with Crippen LogP contribution in [-0.2, 0) is 16.4 Å². The molecule has 3 N–H and O–H groups in total. The molecule has 1 aliphatic carbocycles. The number of aliphatic hydroxyl groups is 1. The fourth-order valence-electron chi connectivity index (χ4n) is 3.42. The topological polar surface area (TPSA) is 108 Å². The number of hydrogen-bond acceptors (Lipinski definition) is 6. The van der Waals surface area contributed by atoms with Gasteiger partial charge < -0.3 is 10.4 Å². The number of sulfonamides is 1. The van der Waals surface area contributed by atoms with Crippen LogP contribution in [0.3, 0.4) is 0 Å². The van der Waals surface area contributed by atoms with Gasteiger partial charge in [-0.25, -0.2) is 13.4 Å². The van der Waals surface area contributed by atoms with Crippen molar-refractivity contribution in [3.05, 3.63) is 32.9 Å². The second kappa shape index (κ2) is 10.7. The molecule has 14 heteroatoms. The third-order valence-corrected chi connectivity index (χ3v) is 9.39. The van der Waals surface area contributed by atoms with Crippen LogP contribution in [0, 0.1) is 5.92 Å². The third kappa shape index (κ3) is 6.90. The van der Waals surface area contributed by atoms with Crippen molar-refractivity contribution in [3.8, 4) is 10.4 Å². The highest BCUT2D eigenvalue weighted by Gasteiger charge is 2.39. The van der Waals surface area contributed by atoms with Gasteiger partial charge in [0.05, 0.1) is 26.2 Å². The predicted octanol–water partition coefficient (Wildman–Crippen LogP) is 5.19. The van der Waals surface area contributed by atoms with Gasteiger partial charge in [0.1, 0.15) is 10.9 Å². The number of carbonyl (C=O) groups is 1. The number of benzene rings is 1. The number of halogens is 5. The highest BCUT2D eigenvalue weighted by atomic mass is 35.5. The summed E-state index contributed by atoms with van der Waals surface area (Å²) in [5.41, 5.74) is -0.214. The van der Waals surface area contributed by atoms with Crippen molar-refractivity contribution in [1.82, 2.24) is 15.0 Å². The Bertz CT molecular complexity index is 1240. The lowest BCUT2D eigenvalue weighted by atomic mass is 9.82. The molecule has 0 radical (unpaired) electrons. The Morgan fingerprint density at radius 3 is 2.42 bits per heavy atom. The molecule has 1 fully saturated rings. The van der Waals surface area contributed by atoms with Crippen LogP contribution < -0.4 is 10.0 Å². The van der Waals surface area contributed by atoms with Gasteiger partial charge in [-0.15, -0.1) is 11.3 Å². The highest BCUT2D eigenvalue weighted by Crippen LogP contribution is 2.43. The zero-order valence-corrected chi connectivity index (χ0v) is 22.8. The van der Waals surface area contributed by atoms with E-state index < -0.39 is 43.7 Å². The van der Waals surface area contributed by atoms with Crippen molar-refractivity contribution in [3.63, 3.8) is 0 Å². The summed E-state index contributed by atoms with van der Waals surface area (Å²) in [6.45, 7) is 3.77. The van der Waals surface area contributed by atoms with E-state index in [-0.39, 0.29) is 16.6 Å². The standard InChI is InChI=1S/C22H26Cl2F3N3O4S2/c1-11(22(25,26)27)30-36(33,34)15-8-7-13(16(23)17(15)24)18-14(9-12-5-4-6-12)29-20(35-18)19(31)28-10-21(2,3)32/h7-8,11-12,30,32H,4-6,9-10H2,1-3H3,(H,28,31). The lowest BCUT2D eigenvalue weighted by molar-refractivity contribution is -0.147. The van der Waals surface area contributed by atoms with E-state index in [1.165, 1.54) is 6.07 Å². The van der Waals surface area contributed by atoms with Gasteiger partial charge in [0.15, 0.2) is 5.01 Å².